The summed E-state index contributed by atoms with van der Waals surface area (Å²) in [7, 11) is 1.65. The van der Waals surface area contributed by atoms with Gasteiger partial charge >= 0.3 is 6.03 Å². The number of carbonyl (C=O) groups excluding carboxylic acids is 2. The summed E-state index contributed by atoms with van der Waals surface area (Å²) >= 11 is 0. The topological polar surface area (TPSA) is 82.8 Å². The lowest BCUT2D eigenvalue weighted by molar-refractivity contribution is -0.127. The van der Waals surface area contributed by atoms with E-state index >= 15 is 0 Å². The molecular weight excluding hydrogens is 344 g/mol. The van der Waals surface area contributed by atoms with Gasteiger partial charge in [-0.1, -0.05) is 29.8 Å². The summed E-state index contributed by atoms with van der Waals surface area (Å²) in [5, 5.41) is 6.95. The van der Waals surface area contributed by atoms with Gasteiger partial charge < -0.3 is 9.80 Å². The van der Waals surface area contributed by atoms with Crippen LogP contribution in [0.1, 0.15) is 22.5 Å². The van der Waals surface area contributed by atoms with E-state index in [0.29, 0.717) is 12.5 Å². The lowest BCUT2D eigenvalue weighted by atomic mass is 10.1. The number of nitrogens with one attached hydrogen (secondary N) is 1. The number of likely N-dealkylation sites (N-methyl/N-ethyl adjacent to an activating group) is 1. The highest BCUT2D eigenvalue weighted by Gasteiger charge is 2.49. The predicted molar refractivity (Wildman–Crippen MR) is 100 cm³/mol. The third kappa shape index (κ3) is 2.87. The first kappa shape index (κ1) is 17.3. The number of aliphatic imine (C=N–C) groups is 1. The highest BCUT2D eigenvalue weighted by molar-refractivity contribution is 6.04. The number of imide groups is 1. The van der Waals surface area contributed by atoms with Crippen molar-refractivity contribution >= 4 is 17.9 Å². The van der Waals surface area contributed by atoms with Gasteiger partial charge in [0.1, 0.15) is 0 Å². The van der Waals surface area contributed by atoms with Crippen molar-refractivity contribution in [1.29, 1.82) is 0 Å². The molecule has 1 N–H and O–H groups in total. The van der Waals surface area contributed by atoms with Gasteiger partial charge in [0.25, 0.3) is 5.91 Å². The van der Waals surface area contributed by atoms with Gasteiger partial charge in [-0.05, 0) is 32.4 Å². The molecule has 0 aliphatic carbocycles. The van der Waals surface area contributed by atoms with E-state index < -0.39 is 18.2 Å². The molecule has 1 aromatic carbocycles. The highest BCUT2D eigenvalue weighted by atomic mass is 16.2. The molecule has 2 aliphatic heterocycles. The van der Waals surface area contributed by atoms with Crippen molar-refractivity contribution in [3.05, 3.63) is 52.8 Å². The number of aryl methyl sites for hydroxylation is 3. The number of urea groups is 1. The van der Waals surface area contributed by atoms with Gasteiger partial charge in [-0.3, -0.25) is 10.1 Å². The van der Waals surface area contributed by atoms with Crippen molar-refractivity contribution in [1.82, 2.24) is 24.9 Å². The van der Waals surface area contributed by atoms with E-state index in [2.05, 4.69) is 10.4 Å². The zero-order chi connectivity index (χ0) is 19.3. The van der Waals surface area contributed by atoms with E-state index in [1.165, 1.54) is 10.5 Å². The normalized spacial score (nSPS) is 22.0. The molecule has 3 heterocycles. The lowest BCUT2D eigenvalue weighted by Crippen LogP contribution is -2.63. The van der Waals surface area contributed by atoms with Crippen LogP contribution in [0.25, 0.3) is 0 Å². The van der Waals surface area contributed by atoms with Gasteiger partial charge in [0.2, 0.25) is 5.96 Å². The van der Waals surface area contributed by atoms with Gasteiger partial charge in [0.15, 0.2) is 12.2 Å². The molecule has 1 aromatic heterocycles. The summed E-state index contributed by atoms with van der Waals surface area (Å²) in [4.78, 5) is 32.8. The Morgan fingerprint density at radius 1 is 1.11 bits per heavy atom. The van der Waals surface area contributed by atoms with Crippen LogP contribution in [0.3, 0.4) is 0 Å². The Hall–Kier alpha value is -3.16. The maximum atomic E-state index is 12.7. The summed E-state index contributed by atoms with van der Waals surface area (Å²) in [6.07, 6.45) is -0.574. The number of hydrogen-bond acceptors (Lipinski definition) is 5. The van der Waals surface area contributed by atoms with Crippen molar-refractivity contribution < 1.29 is 9.59 Å². The minimum absolute atomic E-state index is 0.338. The fourth-order valence-corrected chi connectivity index (χ4v) is 3.58. The number of fused-ring (bicyclic) bond motifs is 1. The summed E-state index contributed by atoms with van der Waals surface area (Å²) in [5.41, 5.74) is 4.02. The second kappa shape index (κ2) is 6.22. The number of rotatable bonds is 2. The van der Waals surface area contributed by atoms with Crippen LogP contribution < -0.4 is 5.32 Å². The molecule has 2 atom stereocenters. The van der Waals surface area contributed by atoms with E-state index in [1.807, 2.05) is 56.0 Å². The lowest BCUT2D eigenvalue weighted by Gasteiger charge is -2.36. The second-order valence-electron chi connectivity index (χ2n) is 7.15. The van der Waals surface area contributed by atoms with Gasteiger partial charge in [-0.25, -0.2) is 14.5 Å². The van der Waals surface area contributed by atoms with Crippen LogP contribution in [0.2, 0.25) is 0 Å². The summed E-state index contributed by atoms with van der Waals surface area (Å²) in [6, 6.07) is 9.10. The molecule has 2 aromatic rings. The Kier molecular flexibility index (Phi) is 3.98. The standard InChI is InChI=1S/C19H22N6O2/c1-11-5-7-14(8-6-11)10-24-15-16(23(4)19(27)21-17(15)26)20-18(24)25-13(3)9-12(2)22-25/h5-9,15-16H,10H2,1-4H3,(H,21,26,27). The first-order valence-corrected chi connectivity index (χ1v) is 8.86. The minimum atomic E-state index is -0.590. The molecular formula is C19H22N6O2. The minimum Gasteiger partial charge on any atom is -0.321 e. The zero-order valence-corrected chi connectivity index (χ0v) is 15.8. The molecule has 0 saturated carbocycles. The number of amides is 3. The Labute approximate surface area is 157 Å². The largest absolute Gasteiger partial charge is 0.325 e. The van der Waals surface area contributed by atoms with Gasteiger partial charge in [-0.2, -0.15) is 5.10 Å². The van der Waals surface area contributed by atoms with Crippen LogP contribution in [0.4, 0.5) is 4.79 Å². The van der Waals surface area contributed by atoms with Crippen LogP contribution in [0.5, 0.6) is 0 Å². The van der Waals surface area contributed by atoms with E-state index in [1.54, 1.807) is 11.7 Å². The number of hydrogen-bond donors (Lipinski definition) is 1. The molecule has 1 fully saturated rings. The van der Waals surface area contributed by atoms with Crippen molar-refractivity contribution in [3.63, 3.8) is 0 Å². The fraction of sp³-hybridized carbons (Fsp3) is 0.368. The Balaban J connectivity index is 1.77. The van der Waals surface area contributed by atoms with Crippen LogP contribution in [0.15, 0.2) is 35.3 Å². The maximum absolute atomic E-state index is 12.7. The number of carbonyl (C=O) groups is 2. The molecule has 8 nitrogen and oxygen atoms in total. The number of nitrogens with zero attached hydrogens (tertiary/aromatic N) is 5. The summed E-state index contributed by atoms with van der Waals surface area (Å²) in [5.74, 6) is 0.239. The van der Waals surface area contributed by atoms with Gasteiger partial charge in [-0.15, -0.1) is 0 Å². The fourth-order valence-electron chi connectivity index (χ4n) is 3.58. The summed E-state index contributed by atoms with van der Waals surface area (Å²) < 4.78 is 1.74. The maximum Gasteiger partial charge on any atom is 0.325 e. The molecule has 4 rings (SSSR count). The molecule has 2 aliphatic rings. The highest BCUT2D eigenvalue weighted by Crippen LogP contribution is 2.27. The third-order valence-corrected chi connectivity index (χ3v) is 5.01. The van der Waals surface area contributed by atoms with E-state index in [0.717, 1.165) is 17.0 Å². The number of benzene rings is 1. The van der Waals surface area contributed by atoms with Crippen molar-refractivity contribution in [3.8, 4) is 0 Å². The molecule has 2 unspecified atom stereocenters. The first-order valence-electron chi connectivity index (χ1n) is 8.86. The predicted octanol–water partition coefficient (Wildman–Crippen LogP) is 1.40. The first-order chi connectivity index (χ1) is 12.8. The van der Waals surface area contributed by atoms with E-state index in [-0.39, 0.29) is 5.91 Å². The molecule has 27 heavy (non-hydrogen) atoms. The summed E-state index contributed by atoms with van der Waals surface area (Å²) in [6.45, 7) is 6.39. The Bertz CT molecular complexity index is 946. The monoisotopic (exact) mass is 366 g/mol. The van der Waals surface area contributed by atoms with Crippen molar-refractivity contribution in [2.45, 2.75) is 39.5 Å². The molecule has 0 radical (unpaired) electrons. The SMILES string of the molecule is Cc1ccc(CN2C(n3nc(C)cc3C)=NC3C2C(=O)NC(=O)N3C)cc1. The van der Waals surface area contributed by atoms with Gasteiger partial charge in [0.05, 0.1) is 5.69 Å². The van der Waals surface area contributed by atoms with E-state index in [4.69, 9.17) is 4.99 Å². The van der Waals surface area contributed by atoms with Crippen molar-refractivity contribution in [2.75, 3.05) is 7.05 Å². The third-order valence-electron chi connectivity index (χ3n) is 5.01. The van der Waals surface area contributed by atoms with Crippen LogP contribution in [-0.4, -0.2) is 56.7 Å². The Morgan fingerprint density at radius 2 is 1.81 bits per heavy atom. The molecule has 1 saturated heterocycles. The molecule has 8 heteroatoms. The Morgan fingerprint density at radius 3 is 2.44 bits per heavy atom. The second-order valence-corrected chi connectivity index (χ2v) is 7.15. The smallest absolute Gasteiger partial charge is 0.321 e. The van der Waals surface area contributed by atoms with E-state index in [9.17, 15) is 9.59 Å². The molecule has 0 bridgehead atoms. The molecule has 0 spiro atoms. The van der Waals surface area contributed by atoms with Crippen LogP contribution in [-0.2, 0) is 11.3 Å². The quantitative estimate of drug-likeness (QED) is 0.871. The zero-order valence-electron chi connectivity index (χ0n) is 15.8. The number of aromatic nitrogens is 2. The van der Waals surface area contributed by atoms with Crippen LogP contribution >= 0.6 is 0 Å². The average molecular weight is 366 g/mol. The van der Waals surface area contributed by atoms with Crippen molar-refractivity contribution in [2.24, 2.45) is 4.99 Å². The van der Waals surface area contributed by atoms with Gasteiger partial charge in [0, 0.05) is 19.3 Å². The molecule has 140 valence electrons. The molecule has 3 amide bonds. The average Bonchev–Trinajstić information content (AvgIpc) is 3.15. The van der Waals surface area contributed by atoms with Crippen LogP contribution in [0, 0.1) is 20.8 Å².